The number of benzene rings is 2. The second kappa shape index (κ2) is 5.97. The van der Waals surface area contributed by atoms with Gasteiger partial charge in [0, 0.05) is 6.92 Å². The van der Waals surface area contributed by atoms with Gasteiger partial charge in [-0.1, -0.05) is 30.3 Å². The van der Waals surface area contributed by atoms with Crippen LogP contribution in [0.25, 0.3) is 11.0 Å². The van der Waals surface area contributed by atoms with Crippen LogP contribution in [0, 0.1) is 6.92 Å². The molecule has 3 aromatic rings. The normalized spacial score (nSPS) is 12.5. The molecule has 21 heavy (non-hydrogen) atoms. The fourth-order valence-electron chi connectivity index (χ4n) is 2.47. The van der Waals surface area contributed by atoms with Crippen LogP contribution < -0.4 is 9.30 Å². The van der Waals surface area contributed by atoms with Crippen molar-refractivity contribution in [3.05, 3.63) is 60.4 Å². The molecule has 0 aliphatic rings. The summed E-state index contributed by atoms with van der Waals surface area (Å²) in [5, 5.41) is 10.2. The van der Waals surface area contributed by atoms with Crippen molar-refractivity contribution in [2.45, 2.75) is 19.6 Å². The summed E-state index contributed by atoms with van der Waals surface area (Å²) in [5.74, 6) is 1.80. The molecule has 1 atom stereocenters. The number of H-pyrrole nitrogens is 1. The number of aromatic amines is 1. The highest BCUT2D eigenvalue weighted by atomic mass is 16.5. The molecule has 4 heteroatoms. The number of aryl methyl sites for hydroxylation is 1. The Morgan fingerprint density at radius 3 is 2.62 bits per heavy atom. The average molecular weight is 283 g/mol. The minimum absolute atomic E-state index is 0.274. The zero-order valence-electron chi connectivity index (χ0n) is 12.0. The van der Waals surface area contributed by atoms with Gasteiger partial charge in [-0.05, 0) is 24.3 Å². The van der Waals surface area contributed by atoms with Gasteiger partial charge in [0.15, 0.2) is 11.0 Å². The fraction of sp³-hybridized carbons (Fsp3) is 0.235. The van der Waals surface area contributed by atoms with Gasteiger partial charge >= 0.3 is 0 Å². The molecule has 1 unspecified atom stereocenters. The Morgan fingerprint density at radius 1 is 1.10 bits per heavy atom. The molecule has 2 aromatic carbocycles. The third-order valence-electron chi connectivity index (χ3n) is 3.49. The first-order valence-corrected chi connectivity index (χ1v) is 7.07. The van der Waals surface area contributed by atoms with Gasteiger partial charge < -0.3 is 9.84 Å². The van der Waals surface area contributed by atoms with E-state index in [2.05, 4.69) is 9.55 Å². The van der Waals surface area contributed by atoms with E-state index in [-0.39, 0.29) is 6.61 Å². The van der Waals surface area contributed by atoms with Gasteiger partial charge in [-0.25, -0.2) is 9.55 Å². The fourth-order valence-corrected chi connectivity index (χ4v) is 2.47. The summed E-state index contributed by atoms with van der Waals surface area (Å²) in [6.45, 7) is 2.78. The molecule has 4 nitrogen and oxygen atoms in total. The van der Waals surface area contributed by atoms with E-state index in [0.717, 1.165) is 22.6 Å². The molecule has 0 spiro atoms. The molecule has 0 fully saturated rings. The number of hydrogen-bond acceptors (Lipinski definition) is 2. The molecule has 0 bridgehead atoms. The number of nitrogens with one attached hydrogen (secondary N) is 1. The SMILES string of the molecule is Cc1[nH]c2ccccc2[n+]1CC(O)COc1ccccc1. The second-order valence-corrected chi connectivity index (χ2v) is 5.12. The van der Waals surface area contributed by atoms with Crippen LogP contribution in [0.15, 0.2) is 54.6 Å². The number of imidazole rings is 1. The standard InChI is InChI=1S/C17H18N2O2/c1-13-18-16-9-5-6-10-17(16)19(13)11-14(20)12-21-15-7-3-2-4-8-15/h2-10,14,20H,11-12H2,1H3/p+1. The van der Waals surface area contributed by atoms with E-state index in [1.54, 1.807) is 0 Å². The van der Waals surface area contributed by atoms with Crippen LogP contribution >= 0.6 is 0 Å². The molecule has 0 aliphatic heterocycles. The minimum atomic E-state index is -0.562. The Kier molecular flexibility index (Phi) is 3.88. The van der Waals surface area contributed by atoms with Crippen molar-refractivity contribution >= 4 is 11.0 Å². The largest absolute Gasteiger partial charge is 0.491 e. The third kappa shape index (κ3) is 3.06. The van der Waals surface area contributed by atoms with Crippen LogP contribution in [0.5, 0.6) is 5.75 Å². The number of rotatable bonds is 5. The van der Waals surface area contributed by atoms with E-state index in [4.69, 9.17) is 4.74 Å². The zero-order valence-corrected chi connectivity index (χ0v) is 12.0. The maximum Gasteiger partial charge on any atom is 0.252 e. The van der Waals surface area contributed by atoms with Crippen LogP contribution in [0.1, 0.15) is 5.82 Å². The van der Waals surface area contributed by atoms with Crippen LogP contribution in [0.4, 0.5) is 0 Å². The van der Waals surface area contributed by atoms with E-state index >= 15 is 0 Å². The summed E-state index contributed by atoms with van der Waals surface area (Å²) in [4.78, 5) is 3.32. The molecule has 3 rings (SSSR count). The summed E-state index contributed by atoms with van der Waals surface area (Å²) in [5.41, 5.74) is 2.17. The molecule has 108 valence electrons. The predicted molar refractivity (Wildman–Crippen MR) is 81.2 cm³/mol. The van der Waals surface area contributed by atoms with Crippen LogP contribution in [-0.2, 0) is 6.54 Å². The third-order valence-corrected chi connectivity index (χ3v) is 3.49. The lowest BCUT2D eigenvalue weighted by Gasteiger charge is -2.11. The second-order valence-electron chi connectivity index (χ2n) is 5.12. The average Bonchev–Trinajstić information content (AvgIpc) is 2.82. The van der Waals surface area contributed by atoms with Gasteiger partial charge in [0.1, 0.15) is 25.0 Å². The van der Waals surface area contributed by atoms with Crippen molar-refractivity contribution < 1.29 is 14.4 Å². The first-order chi connectivity index (χ1) is 10.2. The number of aliphatic hydroxyl groups is 1. The van der Waals surface area contributed by atoms with E-state index < -0.39 is 6.10 Å². The van der Waals surface area contributed by atoms with E-state index in [9.17, 15) is 5.11 Å². The molecule has 2 N–H and O–H groups in total. The first-order valence-electron chi connectivity index (χ1n) is 7.07. The van der Waals surface area contributed by atoms with E-state index in [0.29, 0.717) is 6.54 Å². The Bertz CT molecular complexity index is 722. The zero-order chi connectivity index (χ0) is 14.7. The summed E-state index contributed by atoms with van der Waals surface area (Å²) in [6, 6.07) is 17.6. The molecular weight excluding hydrogens is 264 g/mol. The Balaban J connectivity index is 1.69. The highest BCUT2D eigenvalue weighted by Gasteiger charge is 2.18. The Labute approximate surface area is 123 Å². The highest BCUT2D eigenvalue weighted by Crippen LogP contribution is 2.10. The highest BCUT2D eigenvalue weighted by molar-refractivity contribution is 5.70. The molecule has 0 aliphatic carbocycles. The number of aromatic nitrogens is 2. The number of hydrogen-bond donors (Lipinski definition) is 2. The van der Waals surface area contributed by atoms with Crippen molar-refractivity contribution in [3.8, 4) is 5.75 Å². The molecule has 1 aromatic heterocycles. The first kappa shape index (κ1) is 13.6. The van der Waals surface area contributed by atoms with Gasteiger partial charge in [0.25, 0.3) is 5.82 Å². The molecule has 1 heterocycles. The Hall–Kier alpha value is -2.33. The minimum Gasteiger partial charge on any atom is -0.491 e. The molecule has 0 saturated carbocycles. The quantitative estimate of drug-likeness (QED) is 0.705. The van der Waals surface area contributed by atoms with Gasteiger partial charge in [-0.3, -0.25) is 0 Å². The van der Waals surface area contributed by atoms with Crippen LogP contribution in [0.2, 0.25) is 0 Å². The summed E-state index contributed by atoms with van der Waals surface area (Å²) < 4.78 is 7.67. The van der Waals surface area contributed by atoms with Crippen molar-refractivity contribution in [3.63, 3.8) is 0 Å². The smallest absolute Gasteiger partial charge is 0.252 e. The predicted octanol–water partition coefficient (Wildman–Crippen LogP) is 2.20. The lowest BCUT2D eigenvalue weighted by Crippen LogP contribution is -2.43. The summed E-state index contributed by atoms with van der Waals surface area (Å²) in [7, 11) is 0. The molecule has 0 radical (unpaired) electrons. The van der Waals surface area contributed by atoms with Gasteiger partial charge in [-0.2, -0.15) is 0 Å². The maximum absolute atomic E-state index is 10.2. The number of fused-ring (bicyclic) bond motifs is 1. The summed E-state index contributed by atoms with van der Waals surface area (Å²) >= 11 is 0. The van der Waals surface area contributed by atoms with Crippen molar-refractivity contribution in [2.75, 3.05) is 6.61 Å². The van der Waals surface area contributed by atoms with E-state index in [1.165, 1.54) is 0 Å². The van der Waals surface area contributed by atoms with Gasteiger partial charge in [0.05, 0.1) is 0 Å². The van der Waals surface area contributed by atoms with Crippen LogP contribution in [0.3, 0.4) is 0 Å². The van der Waals surface area contributed by atoms with Gasteiger partial charge in [-0.15, -0.1) is 0 Å². The maximum atomic E-state index is 10.2. The molecular formula is C17H19N2O2+. The van der Waals surface area contributed by atoms with E-state index in [1.807, 2.05) is 61.5 Å². The van der Waals surface area contributed by atoms with Crippen LogP contribution in [-0.4, -0.2) is 22.8 Å². The molecule has 0 saturated heterocycles. The number of nitrogens with zero attached hydrogens (tertiary/aromatic N) is 1. The van der Waals surface area contributed by atoms with Crippen molar-refractivity contribution in [2.24, 2.45) is 0 Å². The monoisotopic (exact) mass is 283 g/mol. The number of ether oxygens (including phenoxy) is 1. The number of para-hydroxylation sites is 3. The van der Waals surface area contributed by atoms with Crippen molar-refractivity contribution in [1.82, 2.24) is 4.98 Å². The topological polar surface area (TPSA) is 49.1 Å². The number of aliphatic hydroxyl groups excluding tert-OH is 1. The molecule has 0 amide bonds. The van der Waals surface area contributed by atoms with Gasteiger partial charge in [0.2, 0.25) is 0 Å². The van der Waals surface area contributed by atoms with Crippen molar-refractivity contribution in [1.29, 1.82) is 0 Å². The Morgan fingerprint density at radius 2 is 1.81 bits per heavy atom. The lowest BCUT2D eigenvalue weighted by atomic mass is 10.3. The lowest BCUT2D eigenvalue weighted by molar-refractivity contribution is -0.684. The summed E-state index contributed by atoms with van der Waals surface area (Å²) in [6.07, 6.45) is -0.562.